The van der Waals surface area contributed by atoms with Gasteiger partial charge in [0.05, 0.1) is 0 Å². The molecule has 0 nitrogen and oxygen atoms in total. The van der Waals surface area contributed by atoms with E-state index in [0.29, 0.717) is 0 Å². The van der Waals surface area contributed by atoms with Crippen LogP contribution in [-0.4, -0.2) is 0 Å². The van der Waals surface area contributed by atoms with Crippen molar-refractivity contribution in [3.63, 3.8) is 0 Å². The van der Waals surface area contributed by atoms with Gasteiger partial charge in [0.2, 0.25) is 0 Å². The molecule has 2 fully saturated rings. The molecular weight excluding hydrogens is 276 g/mol. The zero-order valence-corrected chi connectivity index (χ0v) is 15.6. The molecule has 0 N–H and O–H groups in total. The first kappa shape index (κ1) is 18.8. The normalized spacial score (nSPS) is 32.2. The van der Waals surface area contributed by atoms with E-state index in [1.54, 1.807) is 0 Å². The molecular formula is C23H40. The van der Waals surface area contributed by atoms with Crippen LogP contribution in [0.1, 0.15) is 96.8 Å². The first-order chi connectivity index (χ1) is 11.3. The third-order valence-electron chi connectivity index (χ3n) is 6.51. The topological polar surface area (TPSA) is 0 Å². The Morgan fingerprint density at radius 1 is 0.696 bits per heavy atom. The van der Waals surface area contributed by atoms with E-state index in [1.807, 2.05) is 0 Å². The van der Waals surface area contributed by atoms with E-state index in [4.69, 9.17) is 0 Å². The summed E-state index contributed by atoms with van der Waals surface area (Å²) in [5.41, 5.74) is 0. The highest BCUT2D eigenvalue weighted by atomic mass is 14.3. The lowest BCUT2D eigenvalue weighted by atomic mass is 9.78. The summed E-state index contributed by atoms with van der Waals surface area (Å²) in [7, 11) is 0. The van der Waals surface area contributed by atoms with Gasteiger partial charge in [-0.1, -0.05) is 63.7 Å². The number of allylic oxidation sites excluding steroid dienone is 3. The maximum Gasteiger partial charge on any atom is -0.0322 e. The lowest BCUT2D eigenvalue weighted by molar-refractivity contribution is 0.261. The standard InChI is InChI=1S/C23H40/c1-3-5-9-21-16-18-23(19-17-21)11-7-6-10-22-14-12-20(8-4-2)13-15-22/h3,6-7,20-23H,1,4-5,8-19H2,2H3/t20-,21-,22-,23-. The average Bonchev–Trinajstić information content (AvgIpc) is 2.59. The number of hydrogen-bond donors (Lipinski definition) is 0. The predicted octanol–water partition coefficient (Wildman–Crippen LogP) is 7.70. The van der Waals surface area contributed by atoms with Crippen molar-refractivity contribution in [2.75, 3.05) is 0 Å². The van der Waals surface area contributed by atoms with E-state index in [0.717, 1.165) is 23.7 Å². The fourth-order valence-electron chi connectivity index (χ4n) is 4.85. The molecule has 0 unspecified atom stereocenters. The van der Waals surface area contributed by atoms with Gasteiger partial charge in [0, 0.05) is 0 Å². The number of hydrogen-bond acceptors (Lipinski definition) is 0. The quantitative estimate of drug-likeness (QED) is 0.382. The van der Waals surface area contributed by atoms with Gasteiger partial charge < -0.3 is 0 Å². The first-order valence-electron chi connectivity index (χ1n) is 10.6. The van der Waals surface area contributed by atoms with Crippen LogP contribution in [0, 0.1) is 23.7 Å². The zero-order valence-electron chi connectivity index (χ0n) is 15.6. The van der Waals surface area contributed by atoms with Crippen LogP contribution in [-0.2, 0) is 0 Å². The summed E-state index contributed by atoms with van der Waals surface area (Å²) in [6.45, 7) is 6.19. The molecule has 0 aliphatic heterocycles. The SMILES string of the molecule is C=CCC[C@H]1CC[C@H](CC=CC[C@H]2CC[C@H](CCC)CC2)CC1. The van der Waals surface area contributed by atoms with E-state index in [-0.39, 0.29) is 0 Å². The Labute approximate surface area is 145 Å². The van der Waals surface area contributed by atoms with Crippen molar-refractivity contribution in [2.45, 2.75) is 96.8 Å². The van der Waals surface area contributed by atoms with Crippen molar-refractivity contribution in [2.24, 2.45) is 23.7 Å². The summed E-state index contributed by atoms with van der Waals surface area (Å²) in [6, 6.07) is 0. The Bertz CT molecular complexity index is 324. The molecule has 2 aliphatic rings. The van der Waals surface area contributed by atoms with Crippen LogP contribution in [0.2, 0.25) is 0 Å². The van der Waals surface area contributed by atoms with Gasteiger partial charge in [0.15, 0.2) is 0 Å². The molecule has 0 radical (unpaired) electrons. The third kappa shape index (κ3) is 7.27. The van der Waals surface area contributed by atoms with E-state index in [9.17, 15) is 0 Å². The summed E-state index contributed by atoms with van der Waals surface area (Å²) in [6.07, 6.45) is 27.1. The fourth-order valence-corrected chi connectivity index (χ4v) is 4.85. The Balaban J connectivity index is 1.53. The summed E-state index contributed by atoms with van der Waals surface area (Å²) >= 11 is 0. The van der Waals surface area contributed by atoms with Gasteiger partial charge in [-0.25, -0.2) is 0 Å². The van der Waals surface area contributed by atoms with Gasteiger partial charge >= 0.3 is 0 Å². The van der Waals surface area contributed by atoms with Crippen LogP contribution in [0.4, 0.5) is 0 Å². The van der Waals surface area contributed by atoms with Crippen molar-refractivity contribution in [1.82, 2.24) is 0 Å². The molecule has 0 saturated heterocycles. The second-order valence-electron chi connectivity index (χ2n) is 8.37. The molecule has 0 aromatic heterocycles. The Hall–Kier alpha value is -0.520. The second kappa shape index (κ2) is 11.1. The van der Waals surface area contributed by atoms with Gasteiger partial charge in [-0.15, -0.1) is 6.58 Å². The van der Waals surface area contributed by atoms with E-state index >= 15 is 0 Å². The Morgan fingerprint density at radius 2 is 1.13 bits per heavy atom. The van der Waals surface area contributed by atoms with Crippen LogP contribution in [0.25, 0.3) is 0 Å². The van der Waals surface area contributed by atoms with Crippen molar-refractivity contribution in [3.05, 3.63) is 24.8 Å². The molecule has 23 heavy (non-hydrogen) atoms. The lowest BCUT2D eigenvalue weighted by Gasteiger charge is -2.28. The largest absolute Gasteiger partial charge is 0.103 e. The Morgan fingerprint density at radius 3 is 1.57 bits per heavy atom. The summed E-state index contributed by atoms with van der Waals surface area (Å²) in [5.74, 6) is 4.02. The first-order valence-corrected chi connectivity index (χ1v) is 10.6. The molecule has 0 bridgehead atoms. The fraction of sp³-hybridized carbons (Fsp3) is 0.826. The molecule has 0 aromatic rings. The highest BCUT2D eigenvalue weighted by Crippen LogP contribution is 2.35. The van der Waals surface area contributed by atoms with Gasteiger partial charge in [0.25, 0.3) is 0 Å². The minimum atomic E-state index is 0.978. The van der Waals surface area contributed by atoms with Crippen LogP contribution >= 0.6 is 0 Å². The van der Waals surface area contributed by atoms with Gasteiger partial charge in [0.1, 0.15) is 0 Å². The molecule has 2 rings (SSSR count). The molecule has 2 aliphatic carbocycles. The van der Waals surface area contributed by atoms with Crippen LogP contribution in [0.3, 0.4) is 0 Å². The van der Waals surface area contributed by atoms with E-state index in [2.05, 4.69) is 31.7 Å². The second-order valence-corrected chi connectivity index (χ2v) is 8.37. The molecule has 0 heteroatoms. The lowest BCUT2D eigenvalue weighted by Crippen LogP contribution is -2.14. The van der Waals surface area contributed by atoms with E-state index < -0.39 is 0 Å². The summed E-state index contributed by atoms with van der Waals surface area (Å²) in [4.78, 5) is 0. The number of rotatable bonds is 9. The maximum atomic E-state index is 3.85. The predicted molar refractivity (Wildman–Crippen MR) is 104 cm³/mol. The molecule has 0 spiro atoms. The zero-order chi connectivity index (χ0) is 16.3. The highest BCUT2D eigenvalue weighted by molar-refractivity contribution is 4.89. The van der Waals surface area contributed by atoms with Crippen molar-refractivity contribution < 1.29 is 0 Å². The molecule has 0 aromatic carbocycles. The molecule has 0 amide bonds. The van der Waals surface area contributed by atoms with Gasteiger partial charge in [-0.3, -0.25) is 0 Å². The molecule has 0 heterocycles. The molecule has 2 saturated carbocycles. The monoisotopic (exact) mass is 316 g/mol. The minimum Gasteiger partial charge on any atom is -0.103 e. The highest BCUT2D eigenvalue weighted by Gasteiger charge is 2.21. The van der Waals surface area contributed by atoms with Gasteiger partial charge in [-0.05, 0) is 75.0 Å². The van der Waals surface area contributed by atoms with Crippen molar-refractivity contribution >= 4 is 0 Å². The minimum absolute atomic E-state index is 0.978. The molecule has 0 atom stereocenters. The van der Waals surface area contributed by atoms with Gasteiger partial charge in [-0.2, -0.15) is 0 Å². The van der Waals surface area contributed by atoms with Crippen molar-refractivity contribution in [3.8, 4) is 0 Å². The maximum absolute atomic E-state index is 3.85. The van der Waals surface area contributed by atoms with Crippen LogP contribution in [0.15, 0.2) is 24.8 Å². The van der Waals surface area contributed by atoms with Crippen molar-refractivity contribution in [1.29, 1.82) is 0 Å². The summed E-state index contributed by atoms with van der Waals surface area (Å²) < 4.78 is 0. The summed E-state index contributed by atoms with van der Waals surface area (Å²) in [5, 5.41) is 0. The molecule has 132 valence electrons. The van der Waals surface area contributed by atoms with Crippen LogP contribution < -0.4 is 0 Å². The Kier molecular flexibility index (Phi) is 9.09. The third-order valence-corrected chi connectivity index (χ3v) is 6.51. The van der Waals surface area contributed by atoms with E-state index in [1.165, 1.54) is 89.9 Å². The average molecular weight is 317 g/mol. The van der Waals surface area contributed by atoms with Crippen LogP contribution in [0.5, 0.6) is 0 Å². The smallest absolute Gasteiger partial charge is 0.0322 e.